The second-order valence-electron chi connectivity index (χ2n) is 6.24. The lowest BCUT2D eigenvalue weighted by molar-refractivity contribution is 0.114. The van der Waals surface area contributed by atoms with Crippen LogP contribution in [0.15, 0.2) is 32.3 Å². The number of guanidine groups is 1. The molecule has 136 valence electrons. The fraction of sp³-hybridized carbons (Fsp3) is 0.556. The molecule has 0 aromatic carbocycles. The van der Waals surface area contributed by atoms with Crippen molar-refractivity contribution < 1.29 is 13.7 Å². The third-order valence-electron chi connectivity index (χ3n) is 4.34. The molecule has 1 unspecified atom stereocenters. The van der Waals surface area contributed by atoms with Gasteiger partial charge in [-0.2, -0.15) is 0 Å². The van der Waals surface area contributed by atoms with E-state index < -0.39 is 0 Å². The molecule has 7 nitrogen and oxygen atoms in total. The molecule has 2 aromatic heterocycles. The zero-order valence-corrected chi connectivity index (χ0v) is 14.9. The number of aromatic nitrogens is 1. The summed E-state index contributed by atoms with van der Waals surface area (Å²) in [7, 11) is 0. The molecule has 2 N–H and O–H groups in total. The molecule has 2 aromatic rings. The van der Waals surface area contributed by atoms with Crippen LogP contribution in [0.2, 0.25) is 0 Å². The fourth-order valence-electron chi connectivity index (χ4n) is 2.83. The van der Waals surface area contributed by atoms with E-state index >= 15 is 0 Å². The molecular weight excluding hydrogens is 320 g/mol. The molecule has 7 heteroatoms. The van der Waals surface area contributed by atoms with E-state index in [1.54, 1.807) is 6.26 Å². The van der Waals surface area contributed by atoms with E-state index in [-0.39, 0.29) is 6.10 Å². The molecule has 0 spiro atoms. The van der Waals surface area contributed by atoms with Gasteiger partial charge in [-0.25, -0.2) is 4.99 Å². The molecule has 1 saturated heterocycles. The third kappa shape index (κ3) is 5.09. The number of nitrogens with zero attached hydrogens (tertiary/aromatic N) is 2. The second-order valence-corrected chi connectivity index (χ2v) is 6.24. The summed E-state index contributed by atoms with van der Waals surface area (Å²) >= 11 is 0. The summed E-state index contributed by atoms with van der Waals surface area (Å²) < 4.78 is 16.2. The number of hydrogen-bond donors (Lipinski definition) is 2. The molecule has 25 heavy (non-hydrogen) atoms. The van der Waals surface area contributed by atoms with Gasteiger partial charge in [0.2, 0.25) is 0 Å². The predicted octanol–water partition coefficient (Wildman–Crippen LogP) is 2.34. The Morgan fingerprint density at radius 1 is 1.36 bits per heavy atom. The van der Waals surface area contributed by atoms with Crippen LogP contribution in [0, 0.1) is 13.8 Å². The average Bonchev–Trinajstić information content (AvgIpc) is 3.35. The number of hydrogen-bond acceptors (Lipinski definition) is 5. The van der Waals surface area contributed by atoms with E-state index in [0.29, 0.717) is 6.54 Å². The Hall–Kier alpha value is -2.28. The predicted molar refractivity (Wildman–Crippen MR) is 94.5 cm³/mol. The van der Waals surface area contributed by atoms with Gasteiger partial charge in [0, 0.05) is 31.7 Å². The molecule has 1 atom stereocenters. The highest BCUT2D eigenvalue weighted by atomic mass is 16.5. The fourth-order valence-corrected chi connectivity index (χ4v) is 2.83. The number of aryl methyl sites for hydroxylation is 2. The molecule has 1 aliphatic rings. The van der Waals surface area contributed by atoms with Crippen molar-refractivity contribution in [3.8, 4) is 0 Å². The van der Waals surface area contributed by atoms with E-state index in [9.17, 15) is 0 Å². The van der Waals surface area contributed by atoms with Crippen LogP contribution in [0.4, 0.5) is 0 Å². The summed E-state index contributed by atoms with van der Waals surface area (Å²) in [6, 6.07) is 3.87. The van der Waals surface area contributed by atoms with Crippen LogP contribution in [-0.4, -0.2) is 36.9 Å². The van der Waals surface area contributed by atoms with Gasteiger partial charge in [0.1, 0.15) is 11.5 Å². The van der Waals surface area contributed by atoms with Gasteiger partial charge >= 0.3 is 0 Å². The lowest BCUT2D eigenvalue weighted by atomic mass is 10.2. The molecule has 1 aliphatic heterocycles. The van der Waals surface area contributed by atoms with Crippen LogP contribution in [0.1, 0.15) is 35.6 Å². The Bertz CT molecular complexity index is 653. The Morgan fingerprint density at radius 3 is 2.96 bits per heavy atom. The molecule has 0 amide bonds. The van der Waals surface area contributed by atoms with Crippen molar-refractivity contribution in [2.24, 2.45) is 4.99 Å². The summed E-state index contributed by atoms with van der Waals surface area (Å²) in [6.45, 7) is 6.73. The topological polar surface area (TPSA) is 84.8 Å². The Balaban J connectivity index is 1.56. The second kappa shape index (κ2) is 8.71. The van der Waals surface area contributed by atoms with Crippen LogP contribution < -0.4 is 10.6 Å². The SMILES string of the molecule is Cc1noc(C)c1CN=C(NCCc1ccco1)NCC1CCCO1. The zero-order valence-electron chi connectivity index (χ0n) is 14.9. The highest BCUT2D eigenvalue weighted by molar-refractivity contribution is 5.79. The van der Waals surface area contributed by atoms with Gasteiger partial charge in [-0.15, -0.1) is 0 Å². The van der Waals surface area contributed by atoms with Gasteiger partial charge in [-0.3, -0.25) is 0 Å². The largest absolute Gasteiger partial charge is 0.469 e. The van der Waals surface area contributed by atoms with Gasteiger partial charge in [-0.1, -0.05) is 5.16 Å². The van der Waals surface area contributed by atoms with E-state index in [1.165, 1.54) is 0 Å². The average molecular weight is 346 g/mol. The molecule has 0 saturated carbocycles. The van der Waals surface area contributed by atoms with Crippen molar-refractivity contribution in [1.29, 1.82) is 0 Å². The monoisotopic (exact) mass is 346 g/mol. The Labute approximate surface area is 147 Å². The zero-order chi connectivity index (χ0) is 17.5. The van der Waals surface area contributed by atoms with E-state index in [4.69, 9.17) is 13.7 Å². The molecule has 0 aliphatic carbocycles. The van der Waals surface area contributed by atoms with Crippen LogP contribution in [-0.2, 0) is 17.7 Å². The van der Waals surface area contributed by atoms with Crippen LogP contribution >= 0.6 is 0 Å². The summed E-state index contributed by atoms with van der Waals surface area (Å²) in [6.07, 6.45) is 4.98. The standard InChI is InChI=1S/C18H26N4O3/c1-13-17(14(2)25-22-13)12-21-18(20-11-16-6-4-10-24-16)19-8-7-15-5-3-9-23-15/h3,5,9,16H,4,6-8,10-12H2,1-2H3,(H2,19,20,21). The van der Waals surface area contributed by atoms with Crippen molar-refractivity contribution in [3.05, 3.63) is 41.2 Å². The number of rotatable bonds is 7. The van der Waals surface area contributed by atoms with Crippen molar-refractivity contribution in [2.45, 2.75) is 45.8 Å². The first-order chi connectivity index (χ1) is 12.2. The highest BCUT2D eigenvalue weighted by Gasteiger charge is 2.16. The van der Waals surface area contributed by atoms with Crippen molar-refractivity contribution in [3.63, 3.8) is 0 Å². The smallest absolute Gasteiger partial charge is 0.191 e. The molecule has 0 radical (unpaired) electrons. The lowest BCUT2D eigenvalue weighted by Crippen LogP contribution is -2.41. The maximum absolute atomic E-state index is 5.67. The number of nitrogens with one attached hydrogen (secondary N) is 2. The third-order valence-corrected chi connectivity index (χ3v) is 4.34. The summed E-state index contributed by atoms with van der Waals surface area (Å²) in [5.74, 6) is 2.54. The number of ether oxygens (including phenoxy) is 1. The lowest BCUT2D eigenvalue weighted by Gasteiger charge is -2.15. The first-order valence-electron chi connectivity index (χ1n) is 8.80. The minimum Gasteiger partial charge on any atom is -0.469 e. The normalized spacial score (nSPS) is 17.8. The minimum atomic E-state index is 0.260. The van der Waals surface area contributed by atoms with Crippen LogP contribution in [0.3, 0.4) is 0 Å². The Kier molecular flexibility index (Phi) is 6.11. The molecule has 3 rings (SSSR count). The van der Waals surface area contributed by atoms with E-state index in [0.717, 1.165) is 67.7 Å². The molecular formula is C18H26N4O3. The summed E-state index contributed by atoms with van der Waals surface area (Å²) in [4.78, 5) is 4.68. The van der Waals surface area contributed by atoms with Gasteiger partial charge in [-0.05, 0) is 38.8 Å². The molecule has 0 bridgehead atoms. The quantitative estimate of drug-likeness (QED) is 0.591. The number of furan rings is 1. The van der Waals surface area contributed by atoms with Gasteiger partial charge < -0.3 is 24.3 Å². The first-order valence-corrected chi connectivity index (χ1v) is 8.80. The molecule has 3 heterocycles. The van der Waals surface area contributed by atoms with Gasteiger partial charge in [0.15, 0.2) is 5.96 Å². The van der Waals surface area contributed by atoms with Gasteiger partial charge in [0.25, 0.3) is 0 Å². The maximum atomic E-state index is 5.67. The first kappa shape index (κ1) is 17.5. The van der Waals surface area contributed by atoms with Crippen LogP contribution in [0.25, 0.3) is 0 Å². The van der Waals surface area contributed by atoms with Crippen LogP contribution in [0.5, 0.6) is 0 Å². The highest BCUT2D eigenvalue weighted by Crippen LogP contribution is 2.13. The van der Waals surface area contributed by atoms with Crippen molar-refractivity contribution in [1.82, 2.24) is 15.8 Å². The maximum Gasteiger partial charge on any atom is 0.191 e. The van der Waals surface area contributed by atoms with E-state index in [2.05, 4.69) is 20.8 Å². The minimum absolute atomic E-state index is 0.260. The molecule has 1 fully saturated rings. The van der Waals surface area contributed by atoms with Gasteiger partial charge in [0.05, 0.1) is 24.6 Å². The summed E-state index contributed by atoms with van der Waals surface area (Å²) in [5, 5.41) is 10.7. The Morgan fingerprint density at radius 2 is 2.28 bits per heavy atom. The van der Waals surface area contributed by atoms with E-state index in [1.807, 2.05) is 26.0 Å². The van der Waals surface area contributed by atoms with Crippen molar-refractivity contribution >= 4 is 5.96 Å². The summed E-state index contributed by atoms with van der Waals surface area (Å²) in [5.41, 5.74) is 1.92. The number of aliphatic imine (C=N–C) groups is 1. The van der Waals surface area contributed by atoms with Crippen molar-refractivity contribution in [2.75, 3.05) is 19.7 Å².